The molecule has 110 valence electrons. The lowest BCUT2D eigenvalue weighted by atomic mass is 9.98. The summed E-state index contributed by atoms with van der Waals surface area (Å²) < 4.78 is 6.05. The standard InChI is InChI=1S/C15H22N2O2S/c1-16(2)15(18)14-4-3-12-13(19-14)5-7-17(12)9-11-6-8-20-10-11/h6,8,10,12-14H,3-5,7,9H2,1-2H3/t12-,13-,14+/m1/s1. The number of hydrogen-bond donors (Lipinski definition) is 0. The lowest BCUT2D eigenvalue weighted by Gasteiger charge is -2.36. The maximum absolute atomic E-state index is 12.0. The summed E-state index contributed by atoms with van der Waals surface area (Å²) in [6.07, 6.45) is 2.97. The van der Waals surface area contributed by atoms with Crippen LogP contribution in [0.3, 0.4) is 0 Å². The van der Waals surface area contributed by atoms with Crippen molar-refractivity contribution < 1.29 is 9.53 Å². The van der Waals surface area contributed by atoms with Crippen molar-refractivity contribution in [2.45, 2.75) is 44.1 Å². The molecule has 3 atom stereocenters. The van der Waals surface area contributed by atoms with Crippen LogP contribution < -0.4 is 0 Å². The normalized spacial score (nSPS) is 30.2. The van der Waals surface area contributed by atoms with E-state index in [-0.39, 0.29) is 18.1 Å². The zero-order valence-corrected chi connectivity index (χ0v) is 12.9. The van der Waals surface area contributed by atoms with Gasteiger partial charge in [-0.05, 0) is 41.7 Å². The minimum atomic E-state index is -0.229. The molecule has 0 spiro atoms. The van der Waals surface area contributed by atoms with Crippen LogP contribution in [0.1, 0.15) is 24.8 Å². The number of amides is 1. The molecule has 1 amide bonds. The van der Waals surface area contributed by atoms with Crippen LogP contribution in [-0.4, -0.2) is 54.6 Å². The Balaban J connectivity index is 1.60. The average Bonchev–Trinajstić information content (AvgIpc) is 3.08. The van der Waals surface area contributed by atoms with Gasteiger partial charge in [-0.3, -0.25) is 9.69 Å². The van der Waals surface area contributed by atoms with Crippen LogP contribution >= 0.6 is 11.3 Å². The molecule has 1 aromatic rings. The van der Waals surface area contributed by atoms with E-state index in [9.17, 15) is 4.79 Å². The van der Waals surface area contributed by atoms with Crippen LogP contribution in [0.25, 0.3) is 0 Å². The molecule has 2 aliphatic heterocycles. The zero-order valence-electron chi connectivity index (χ0n) is 12.1. The second-order valence-electron chi connectivity index (χ2n) is 5.93. The highest BCUT2D eigenvalue weighted by Gasteiger charge is 2.41. The Morgan fingerprint density at radius 1 is 1.45 bits per heavy atom. The Kier molecular flexibility index (Phi) is 4.10. The van der Waals surface area contributed by atoms with Crippen LogP contribution in [0.15, 0.2) is 16.8 Å². The predicted octanol–water partition coefficient (Wildman–Crippen LogP) is 1.96. The molecule has 0 radical (unpaired) electrons. The topological polar surface area (TPSA) is 32.8 Å². The first kappa shape index (κ1) is 14.0. The number of rotatable bonds is 3. The summed E-state index contributed by atoms with van der Waals surface area (Å²) in [7, 11) is 3.60. The van der Waals surface area contributed by atoms with E-state index in [1.165, 1.54) is 5.56 Å². The summed E-state index contributed by atoms with van der Waals surface area (Å²) in [5.74, 6) is 0.111. The first-order valence-electron chi connectivity index (χ1n) is 7.27. The van der Waals surface area contributed by atoms with Crippen molar-refractivity contribution in [1.29, 1.82) is 0 Å². The lowest BCUT2D eigenvalue weighted by molar-refractivity contribution is -0.152. The number of nitrogens with zero attached hydrogens (tertiary/aromatic N) is 2. The molecular weight excluding hydrogens is 272 g/mol. The van der Waals surface area contributed by atoms with Crippen molar-refractivity contribution in [2.75, 3.05) is 20.6 Å². The summed E-state index contributed by atoms with van der Waals surface area (Å²) in [6, 6.07) is 2.68. The van der Waals surface area contributed by atoms with E-state index in [0.717, 1.165) is 32.4 Å². The van der Waals surface area contributed by atoms with Gasteiger partial charge in [0.2, 0.25) is 0 Å². The smallest absolute Gasteiger partial charge is 0.251 e. The van der Waals surface area contributed by atoms with E-state index in [1.807, 2.05) is 0 Å². The van der Waals surface area contributed by atoms with Gasteiger partial charge in [-0.2, -0.15) is 11.3 Å². The Labute approximate surface area is 124 Å². The van der Waals surface area contributed by atoms with E-state index in [2.05, 4.69) is 21.7 Å². The number of fused-ring (bicyclic) bond motifs is 1. The van der Waals surface area contributed by atoms with Crippen molar-refractivity contribution in [2.24, 2.45) is 0 Å². The minimum Gasteiger partial charge on any atom is -0.363 e. The fourth-order valence-electron chi connectivity index (χ4n) is 3.30. The van der Waals surface area contributed by atoms with Gasteiger partial charge in [-0.1, -0.05) is 0 Å². The highest BCUT2D eigenvalue weighted by molar-refractivity contribution is 7.07. The molecule has 20 heavy (non-hydrogen) atoms. The molecule has 3 heterocycles. The van der Waals surface area contributed by atoms with Crippen LogP contribution in [-0.2, 0) is 16.1 Å². The molecule has 0 unspecified atom stereocenters. The van der Waals surface area contributed by atoms with Crippen LogP contribution in [0, 0.1) is 0 Å². The minimum absolute atomic E-state index is 0.111. The van der Waals surface area contributed by atoms with Crippen molar-refractivity contribution >= 4 is 17.2 Å². The van der Waals surface area contributed by atoms with Gasteiger partial charge < -0.3 is 9.64 Å². The number of carbonyl (C=O) groups excluding carboxylic acids is 1. The molecule has 1 aromatic heterocycles. The monoisotopic (exact) mass is 294 g/mol. The molecule has 0 aromatic carbocycles. The first-order valence-corrected chi connectivity index (χ1v) is 8.21. The molecule has 2 saturated heterocycles. The van der Waals surface area contributed by atoms with Crippen molar-refractivity contribution in [3.63, 3.8) is 0 Å². The van der Waals surface area contributed by atoms with E-state index >= 15 is 0 Å². The Morgan fingerprint density at radius 2 is 2.30 bits per heavy atom. The fraction of sp³-hybridized carbons (Fsp3) is 0.667. The molecule has 4 nitrogen and oxygen atoms in total. The Hall–Kier alpha value is -0.910. The number of hydrogen-bond acceptors (Lipinski definition) is 4. The molecule has 3 rings (SSSR count). The van der Waals surface area contributed by atoms with Gasteiger partial charge in [-0.25, -0.2) is 0 Å². The largest absolute Gasteiger partial charge is 0.363 e. The number of carbonyl (C=O) groups is 1. The SMILES string of the molecule is CN(C)C(=O)[C@@H]1CC[C@@H]2[C@@H](CCN2Cc2ccsc2)O1. The third-order valence-corrected chi connectivity index (χ3v) is 5.08. The molecule has 2 fully saturated rings. The van der Waals surface area contributed by atoms with Crippen molar-refractivity contribution in [3.05, 3.63) is 22.4 Å². The summed E-state index contributed by atoms with van der Waals surface area (Å²) >= 11 is 1.75. The molecular formula is C15H22N2O2S. The second-order valence-corrected chi connectivity index (χ2v) is 6.71. The van der Waals surface area contributed by atoms with Gasteiger partial charge in [0, 0.05) is 33.2 Å². The highest BCUT2D eigenvalue weighted by Crippen LogP contribution is 2.33. The van der Waals surface area contributed by atoms with Gasteiger partial charge >= 0.3 is 0 Å². The van der Waals surface area contributed by atoms with Crippen LogP contribution in [0.4, 0.5) is 0 Å². The molecule has 0 bridgehead atoms. The summed E-state index contributed by atoms with van der Waals surface area (Å²) in [5.41, 5.74) is 1.39. The maximum Gasteiger partial charge on any atom is 0.251 e. The number of likely N-dealkylation sites (tertiary alicyclic amines) is 1. The highest BCUT2D eigenvalue weighted by atomic mass is 32.1. The molecule has 5 heteroatoms. The van der Waals surface area contributed by atoms with Gasteiger partial charge in [0.05, 0.1) is 6.10 Å². The van der Waals surface area contributed by atoms with Crippen LogP contribution in [0.5, 0.6) is 0 Å². The third-order valence-electron chi connectivity index (χ3n) is 4.34. The fourth-order valence-corrected chi connectivity index (χ4v) is 3.96. The number of likely N-dealkylation sites (N-methyl/N-ethyl adjacent to an activating group) is 1. The zero-order chi connectivity index (χ0) is 14.1. The Bertz CT molecular complexity index is 460. The molecule has 0 aliphatic carbocycles. The van der Waals surface area contributed by atoms with Crippen molar-refractivity contribution in [3.8, 4) is 0 Å². The van der Waals surface area contributed by atoms with Gasteiger partial charge in [0.1, 0.15) is 6.10 Å². The molecule has 0 saturated carbocycles. The Morgan fingerprint density at radius 3 is 3.00 bits per heavy atom. The third kappa shape index (κ3) is 2.75. The molecule has 2 aliphatic rings. The average molecular weight is 294 g/mol. The van der Waals surface area contributed by atoms with E-state index < -0.39 is 0 Å². The molecule has 0 N–H and O–H groups in total. The second kappa shape index (κ2) is 5.84. The van der Waals surface area contributed by atoms with Crippen LogP contribution in [0.2, 0.25) is 0 Å². The van der Waals surface area contributed by atoms with Gasteiger partial charge in [0.15, 0.2) is 0 Å². The number of ether oxygens (including phenoxy) is 1. The van der Waals surface area contributed by atoms with Crippen molar-refractivity contribution in [1.82, 2.24) is 9.80 Å². The summed E-state index contributed by atoms with van der Waals surface area (Å²) in [4.78, 5) is 16.2. The summed E-state index contributed by atoms with van der Waals surface area (Å²) in [6.45, 7) is 2.09. The maximum atomic E-state index is 12.0. The van der Waals surface area contributed by atoms with E-state index in [1.54, 1.807) is 30.3 Å². The summed E-state index contributed by atoms with van der Waals surface area (Å²) in [5, 5.41) is 4.35. The first-order chi connectivity index (χ1) is 9.65. The van der Waals surface area contributed by atoms with Gasteiger partial charge in [0.25, 0.3) is 5.91 Å². The van der Waals surface area contributed by atoms with E-state index in [4.69, 9.17) is 4.74 Å². The van der Waals surface area contributed by atoms with E-state index in [0.29, 0.717) is 6.04 Å². The quantitative estimate of drug-likeness (QED) is 0.854. The lowest BCUT2D eigenvalue weighted by Crippen LogP contribution is -2.47. The number of thiophene rings is 1. The predicted molar refractivity (Wildman–Crippen MR) is 79.7 cm³/mol. The van der Waals surface area contributed by atoms with Gasteiger partial charge in [-0.15, -0.1) is 0 Å².